The van der Waals surface area contributed by atoms with Crippen molar-refractivity contribution in [1.82, 2.24) is 0 Å². The minimum absolute atomic E-state index is 0.324. The van der Waals surface area contributed by atoms with Crippen LogP contribution < -0.4 is 0 Å². The zero-order valence-corrected chi connectivity index (χ0v) is 13.4. The van der Waals surface area contributed by atoms with E-state index in [0.29, 0.717) is 10.6 Å². The van der Waals surface area contributed by atoms with Gasteiger partial charge in [0.25, 0.3) is 0 Å². The van der Waals surface area contributed by atoms with Gasteiger partial charge in [-0.15, -0.1) is 11.8 Å². The Morgan fingerprint density at radius 1 is 1.14 bits per heavy atom. The molecule has 0 spiro atoms. The van der Waals surface area contributed by atoms with Crippen LogP contribution in [0.2, 0.25) is 5.02 Å². The van der Waals surface area contributed by atoms with Crippen molar-refractivity contribution in [2.75, 3.05) is 5.75 Å². The molecule has 0 aliphatic carbocycles. The number of benzene rings is 2. The van der Waals surface area contributed by atoms with E-state index in [0.717, 1.165) is 29.9 Å². The van der Waals surface area contributed by atoms with Crippen LogP contribution in [0.3, 0.4) is 0 Å². The zero-order valence-electron chi connectivity index (χ0n) is 11.8. The molecule has 1 aliphatic heterocycles. The molecule has 0 amide bonds. The van der Waals surface area contributed by atoms with Crippen LogP contribution in [0.4, 0.5) is 0 Å². The zero-order chi connectivity index (χ0) is 15.4. The van der Waals surface area contributed by atoms with Gasteiger partial charge in [-0.05, 0) is 36.8 Å². The van der Waals surface area contributed by atoms with Crippen molar-refractivity contribution in [1.29, 1.82) is 0 Å². The van der Waals surface area contributed by atoms with Crippen molar-refractivity contribution in [2.45, 2.75) is 17.7 Å². The second-order valence-electron chi connectivity index (χ2n) is 4.84. The molecule has 1 heterocycles. The fourth-order valence-electron chi connectivity index (χ4n) is 2.25. The predicted molar refractivity (Wildman–Crippen MR) is 89.8 cm³/mol. The summed E-state index contributed by atoms with van der Waals surface area (Å²) in [5.41, 5.74) is 2.17. The quantitative estimate of drug-likeness (QED) is 0.586. The average Bonchev–Trinajstić information content (AvgIpc) is 2.75. The fraction of sp³-hybridized carbons (Fsp3) is 0.176. The van der Waals surface area contributed by atoms with Crippen molar-refractivity contribution < 1.29 is 9.63 Å². The molecule has 0 N–H and O–H groups in total. The third-order valence-electron chi connectivity index (χ3n) is 3.35. The van der Waals surface area contributed by atoms with E-state index in [2.05, 4.69) is 11.2 Å². The van der Waals surface area contributed by atoms with Gasteiger partial charge in [0.2, 0.25) is 0 Å². The molecule has 2 aromatic rings. The fourth-order valence-corrected chi connectivity index (χ4v) is 3.49. The molecule has 0 saturated heterocycles. The number of hydrogen-bond acceptors (Lipinski definition) is 4. The van der Waals surface area contributed by atoms with Crippen molar-refractivity contribution in [3.05, 3.63) is 64.7 Å². The molecule has 0 radical (unpaired) electrons. The van der Waals surface area contributed by atoms with Gasteiger partial charge in [0.1, 0.15) is 0 Å². The van der Waals surface area contributed by atoms with Gasteiger partial charge >= 0.3 is 5.97 Å². The van der Waals surface area contributed by atoms with Gasteiger partial charge in [-0.2, -0.15) is 0 Å². The first-order valence-electron chi connectivity index (χ1n) is 7.00. The van der Waals surface area contributed by atoms with Gasteiger partial charge in [-0.25, -0.2) is 4.79 Å². The number of oxime groups is 1. The maximum absolute atomic E-state index is 12.1. The van der Waals surface area contributed by atoms with Crippen LogP contribution in [-0.2, 0) is 4.84 Å². The predicted octanol–water partition coefficient (Wildman–Crippen LogP) is 4.79. The highest BCUT2D eigenvalue weighted by Crippen LogP contribution is 2.29. The average molecular weight is 332 g/mol. The van der Waals surface area contributed by atoms with Gasteiger partial charge in [0, 0.05) is 10.5 Å². The number of halogens is 1. The number of fused-ring (bicyclic) bond motifs is 1. The normalized spacial score (nSPS) is 16.0. The number of carbonyl (C=O) groups is 1. The first-order valence-corrected chi connectivity index (χ1v) is 8.37. The summed E-state index contributed by atoms with van der Waals surface area (Å²) >= 11 is 7.80. The van der Waals surface area contributed by atoms with Crippen molar-refractivity contribution in [3.8, 4) is 0 Å². The lowest BCUT2D eigenvalue weighted by atomic mass is 10.1. The first-order chi connectivity index (χ1) is 10.8. The number of nitrogens with zero attached hydrogens (tertiary/aromatic N) is 1. The molecular weight excluding hydrogens is 318 g/mol. The maximum Gasteiger partial charge on any atom is 0.367 e. The Morgan fingerprint density at radius 3 is 2.77 bits per heavy atom. The molecule has 3 rings (SSSR count). The lowest BCUT2D eigenvalue weighted by molar-refractivity contribution is 0.0516. The third kappa shape index (κ3) is 3.34. The monoisotopic (exact) mass is 331 g/mol. The van der Waals surface area contributed by atoms with Crippen molar-refractivity contribution in [3.63, 3.8) is 0 Å². The summed E-state index contributed by atoms with van der Waals surface area (Å²) in [6.07, 6.45) is 1.79. The summed E-state index contributed by atoms with van der Waals surface area (Å²) in [5.74, 6) is 0.501. The number of hydrogen-bond donors (Lipinski definition) is 0. The number of carbonyl (C=O) groups excluding carboxylic acids is 1. The molecule has 0 aromatic heterocycles. The van der Waals surface area contributed by atoms with Gasteiger partial charge in [-0.3, -0.25) is 0 Å². The van der Waals surface area contributed by atoms with Crippen LogP contribution in [0.25, 0.3) is 0 Å². The van der Waals surface area contributed by atoms with Crippen LogP contribution >= 0.6 is 23.4 Å². The van der Waals surface area contributed by atoms with E-state index in [-0.39, 0.29) is 0 Å². The topological polar surface area (TPSA) is 38.7 Å². The van der Waals surface area contributed by atoms with Crippen LogP contribution in [0.1, 0.15) is 28.8 Å². The van der Waals surface area contributed by atoms with Crippen LogP contribution in [0.5, 0.6) is 0 Å². The minimum atomic E-state index is -0.535. The van der Waals surface area contributed by atoms with E-state index in [4.69, 9.17) is 16.4 Å². The third-order valence-corrected chi connectivity index (χ3v) is 4.84. The molecule has 2 aromatic carbocycles. The number of thioether (sulfide) groups is 1. The second-order valence-corrected chi connectivity index (χ2v) is 6.39. The molecule has 0 fully saturated rings. The van der Waals surface area contributed by atoms with Gasteiger partial charge < -0.3 is 4.84 Å². The Hall–Kier alpha value is -1.78. The number of rotatable bonds is 2. The Kier molecular flexibility index (Phi) is 4.80. The molecule has 3 nitrogen and oxygen atoms in total. The summed E-state index contributed by atoms with van der Waals surface area (Å²) in [7, 11) is 0. The van der Waals surface area contributed by atoms with E-state index < -0.39 is 5.97 Å². The molecule has 0 unspecified atom stereocenters. The molecule has 112 valence electrons. The molecule has 1 aliphatic rings. The van der Waals surface area contributed by atoms with Gasteiger partial charge in [0.05, 0.1) is 16.3 Å². The lowest BCUT2D eigenvalue weighted by Gasteiger charge is -2.06. The SMILES string of the molecule is O=C(ON=C1CCCSc2ccccc21)c1ccccc1Cl. The standard InChI is InChI=1S/C17H14ClNO2S/c18-14-8-3-1-6-12(14)17(20)21-19-15-9-5-11-22-16-10-4-2-7-13(15)16/h1-4,6-8,10H,5,9,11H2. The van der Waals surface area contributed by atoms with E-state index in [1.165, 1.54) is 4.90 Å². The highest BCUT2D eigenvalue weighted by atomic mass is 35.5. The highest BCUT2D eigenvalue weighted by molar-refractivity contribution is 7.99. The molecule has 0 bridgehead atoms. The highest BCUT2D eigenvalue weighted by Gasteiger charge is 2.16. The molecular formula is C17H14ClNO2S. The molecule has 5 heteroatoms. The molecule has 22 heavy (non-hydrogen) atoms. The summed E-state index contributed by atoms with van der Waals surface area (Å²) in [5, 5.41) is 4.46. The van der Waals surface area contributed by atoms with E-state index in [1.807, 2.05) is 18.2 Å². The van der Waals surface area contributed by atoms with Gasteiger partial charge in [-0.1, -0.05) is 47.1 Å². The Morgan fingerprint density at radius 2 is 1.91 bits per heavy atom. The van der Waals surface area contributed by atoms with Crippen LogP contribution in [-0.4, -0.2) is 17.4 Å². The Balaban J connectivity index is 1.84. The Labute approximate surface area is 138 Å². The minimum Gasteiger partial charge on any atom is -0.312 e. The Bertz CT molecular complexity index is 730. The van der Waals surface area contributed by atoms with E-state index >= 15 is 0 Å². The largest absolute Gasteiger partial charge is 0.367 e. The molecule has 0 atom stereocenters. The molecule has 0 saturated carbocycles. The van der Waals surface area contributed by atoms with E-state index in [1.54, 1.807) is 36.0 Å². The maximum atomic E-state index is 12.1. The second kappa shape index (κ2) is 6.99. The van der Waals surface area contributed by atoms with E-state index in [9.17, 15) is 4.79 Å². The van der Waals surface area contributed by atoms with Crippen LogP contribution in [0.15, 0.2) is 58.6 Å². The summed E-state index contributed by atoms with van der Waals surface area (Å²) < 4.78 is 0. The van der Waals surface area contributed by atoms with Gasteiger partial charge in [0.15, 0.2) is 0 Å². The van der Waals surface area contributed by atoms with Crippen molar-refractivity contribution >= 4 is 35.0 Å². The first kappa shape index (κ1) is 15.1. The smallest absolute Gasteiger partial charge is 0.312 e. The summed E-state index contributed by atoms with van der Waals surface area (Å²) in [4.78, 5) is 18.4. The summed E-state index contributed by atoms with van der Waals surface area (Å²) in [6.45, 7) is 0. The lowest BCUT2D eigenvalue weighted by Crippen LogP contribution is -2.07. The van der Waals surface area contributed by atoms with Crippen LogP contribution in [0, 0.1) is 0 Å². The van der Waals surface area contributed by atoms with Crippen molar-refractivity contribution in [2.24, 2.45) is 5.16 Å². The summed E-state index contributed by atoms with van der Waals surface area (Å²) in [6, 6.07) is 14.8.